The van der Waals surface area contributed by atoms with E-state index >= 15 is 0 Å². The maximum Gasteiger partial charge on any atom is 0.159 e. The van der Waals surface area contributed by atoms with Crippen molar-refractivity contribution in [3.8, 4) is 0 Å². The number of nitrogens with zero attached hydrogens (tertiary/aromatic N) is 2. The number of nitrogens with one attached hydrogen (secondary N) is 2. The molecule has 0 aliphatic heterocycles. The minimum absolute atomic E-state index is 0.284. The molecule has 0 bridgehead atoms. The lowest BCUT2D eigenvalue weighted by Crippen LogP contribution is -2.06. The van der Waals surface area contributed by atoms with Gasteiger partial charge in [-0.2, -0.15) is 0 Å². The maximum atomic E-state index is 14.0. The molecule has 128 valence electrons. The molecule has 1 heterocycles. The Morgan fingerprint density at radius 1 is 1.04 bits per heavy atom. The monoisotopic (exact) mass is 401 g/mol. The molecule has 1 aromatic heterocycles. The van der Waals surface area contributed by atoms with E-state index in [0.717, 1.165) is 12.1 Å². The first kappa shape index (κ1) is 17.2. The number of hydrogen-bond donors (Lipinski definition) is 3. The standard InChI is InChI=1S/C18H17BrFN5/c1-2-11-3-6-13(7-4-11)24-17-16(21)18(23-10-22-17)25-15-8-5-12(19)9-14(15)20/h3-10H,2,21H2,1H3,(H2,22,23,24,25). The summed E-state index contributed by atoms with van der Waals surface area (Å²) in [7, 11) is 0. The molecule has 0 unspecified atom stereocenters. The van der Waals surface area contributed by atoms with Crippen molar-refractivity contribution in [1.29, 1.82) is 0 Å². The molecule has 0 saturated heterocycles. The second-order valence-electron chi connectivity index (χ2n) is 5.41. The van der Waals surface area contributed by atoms with Crippen molar-refractivity contribution in [3.63, 3.8) is 0 Å². The van der Waals surface area contributed by atoms with E-state index in [9.17, 15) is 4.39 Å². The highest BCUT2D eigenvalue weighted by Crippen LogP contribution is 2.29. The predicted molar refractivity (Wildman–Crippen MR) is 103 cm³/mol. The third-order valence-electron chi connectivity index (χ3n) is 3.69. The number of aryl methyl sites for hydroxylation is 1. The van der Waals surface area contributed by atoms with Crippen LogP contribution in [0.5, 0.6) is 0 Å². The first-order valence-corrected chi connectivity index (χ1v) is 8.54. The molecule has 25 heavy (non-hydrogen) atoms. The van der Waals surface area contributed by atoms with Crippen LogP contribution < -0.4 is 16.4 Å². The minimum Gasteiger partial charge on any atom is -0.393 e. The van der Waals surface area contributed by atoms with Gasteiger partial charge in [-0.15, -0.1) is 0 Å². The Hall–Kier alpha value is -2.67. The highest BCUT2D eigenvalue weighted by molar-refractivity contribution is 9.10. The van der Waals surface area contributed by atoms with Gasteiger partial charge in [-0.3, -0.25) is 0 Å². The molecular weight excluding hydrogens is 385 g/mol. The highest BCUT2D eigenvalue weighted by Gasteiger charge is 2.11. The Morgan fingerprint density at radius 3 is 2.36 bits per heavy atom. The molecular formula is C18H17BrFN5. The second kappa shape index (κ2) is 7.48. The highest BCUT2D eigenvalue weighted by atomic mass is 79.9. The van der Waals surface area contributed by atoms with Gasteiger partial charge in [-0.25, -0.2) is 14.4 Å². The van der Waals surface area contributed by atoms with Gasteiger partial charge in [-0.1, -0.05) is 35.0 Å². The molecule has 0 radical (unpaired) electrons. The third kappa shape index (κ3) is 4.06. The molecule has 0 spiro atoms. The number of halogens is 2. The van der Waals surface area contributed by atoms with Gasteiger partial charge in [0.1, 0.15) is 17.8 Å². The molecule has 0 fully saturated rings. The summed E-state index contributed by atoms with van der Waals surface area (Å²) in [5.74, 6) is 0.389. The summed E-state index contributed by atoms with van der Waals surface area (Å²) in [5.41, 5.74) is 8.84. The van der Waals surface area contributed by atoms with Crippen LogP contribution in [0.3, 0.4) is 0 Å². The minimum atomic E-state index is -0.406. The lowest BCUT2D eigenvalue weighted by atomic mass is 10.1. The third-order valence-corrected chi connectivity index (χ3v) is 4.19. The van der Waals surface area contributed by atoms with Gasteiger partial charge in [0.25, 0.3) is 0 Å². The number of nitrogens with two attached hydrogens (primary N) is 1. The van der Waals surface area contributed by atoms with E-state index in [1.165, 1.54) is 18.0 Å². The molecule has 0 aliphatic rings. The average Bonchev–Trinajstić information content (AvgIpc) is 2.61. The SMILES string of the molecule is CCc1ccc(Nc2ncnc(Nc3ccc(Br)cc3F)c2N)cc1. The molecule has 3 rings (SSSR count). The number of aromatic nitrogens is 2. The van der Waals surface area contributed by atoms with E-state index in [-0.39, 0.29) is 5.69 Å². The summed E-state index contributed by atoms with van der Waals surface area (Å²) in [6, 6.07) is 12.7. The van der Waals surface area contributed by atoms with Crippen LogP contribution >= 0.6 is 15.9 Å². The number of rotatable bonds is 5. The zero-order chi connectivity index (χ0) is 17.8. The van der Waals surface area contributed by atoms with Gasteiger partial charge in [-0.05, 0) is 42.3 Å². The van der Waals surface area contributed by atoms with E-state index in [1.54, 1.807) is 12.1 Å². The normalized spacial score (nSPS) is 10.5. The molecule has 7 heteroatoms. The summed E-state index contributed by atoms with van der Waals surface area (Å²) >= 11 is 3.23. The van der Waals surface area contributed by atoms with Gasteiger partial charge in [0, 0.05) is 10.2 Å². The summed E-state index contributed by atoms with van der Waals surface area (Å²) in [6.07, 6.45) is 2.35. The van der Waals surface area contributed by atoms with E-state index < -0.39 is 5.82 Å². The summed E-state index contributed by atoms with van der Waals surface area (Å²) < 4.78 is 14.7. The average molecular weight is 402 g/mol. The number of anilines is 5. The van der Waals surface area contributed by atoms with Crippen molar-refractivity contribution in [2.24, 2.45) is 0 Å². The van der Waals surface area contributed by atoms with Gasteiger partial charge in [0.2, 0.25) is 0 Å². The molecule has 4 N–H and O–H groups in total. The quantitative estimate of drug-likeness (QED) is 0.559. The smallest absolute Gasteiger partial charge is 0.159 e. The summed E-state index contributed by atoms with van der Waals surface area (Å²) in [4.78, 5) is 8.27. The van der Waals surface area contributed by atoms with Crippen molar-refractivity contribution < 1.29 is 4.39 Å². The molecule has 2 aromatic carbocycles. The second-order valence-corrected chi connectivity index (χ2v) is 6.32. The van der Waals surface area contributed by atoms with E-state index in [0.29, 0.717) is 21.8 Å². The zero-order valence-electron chi connectivity index (χ0n) is 13.6. The molecule has 3 aromatic rings. The zero-order valence-corrected chi connectivity index (χ0v) is 15.1. The largest absolute Gasteiger partial charge is 0.393 e. The van der Waals surface area contributed by atoms with Crippen molar-refractivity contribution in [2.75, 3.05) is 16.4 Å². The molecule has 0 aliphatic carbocycles. The summed E-state index contributed by atoms with van der Waals surface area (Å²) in [5, 5.41) is 6.06. The fourth-order valence-corrected chi connectivity index (χ4v) is 2.61. The van der Waals surface area contributed by atoms with Crippen molar-refractivity contribution in [2.45, 2.75) is 13.3 Å². The van der Waals surface area contributed by atoms with Crippen LogP contribution in [-0.2, 0) is 6.42 Å². The van der Waals surface area contributed by atoms with Crippen molar-refractivity contribution >= 4 is 44.6 Å². The van der Waals surface area contributed by atoms with Crippen LogP contribution in [0.1, 0.15) is 12.5 Å². The van der Waals surface area contributed by atoms with Crippen LogP contribution in [0, 0.1) is 5.82 Å². The number of nitrogen functional groups attached to an aromatic ring is 1. The maximum absolute atomic E-state index is 14.0. The van der Waals surface area contributed by atoms with Gasteiger partial charge in [0.05, 0.1) is 5.69 Å². The number of hydrogen-bond acceptors (Lipinski definition) is 5. The lowest BCUT2D eigenvalue weighted by Gasteiger charge is -2.13. The van der Waals surface area contributed by atoms with Gasteiger partial charge in [0.15, 0.2) is 11.6 Å². The lowest BCUT2D eigenvalue weighted by molar-refractivity contribution is 0.631. The van der Waals surface area contributed by atoms with E-state index in [4.69, 9.17) is 5.73 Å². The van der Waals surface area contributed by atoms with E-state index in [1.807, 2.05) is 24.3 Å². The Kier molecular flexibility index (Phi) is 5.14. The number of benzene rings is 2. The van der Waals surface area contributed by atoms with Crippen molar-refractivity contribution in [3.05, 3.63) is 64.6 Å². The first-order valence-electron chi connectivity index (χ1n) is 7.75. The first-order chi connectivity index (χ1) is 12.1. The topological polar surface area (TPSA) is 75.9 Å². The van der Waals surface area contributed by atoms with Crippen LogP contribution in [0.4, 0.5) is 33.1 Å². The Morgan fingerprint density at radius 2 is 1.72 bits per heavy atom. The summed E-state index contributed by atoms with van der Waals surface area (Å²) in [6.45, 7) is 2.10. The Bertz CT molecular complexity index is 883. The van der Waals surface area contributed by atoms with Gasteiger partial charge < -0.3 is 16.4 Å². The Labute approximate surface area is 153 Å². The molecule has 0 atom stereocenters. The van der Waals surface area contributed by atoms with E-state index in [2.05, 4.69) is 43.5 Å². The predicted octanol–water partition coefficient (Wildman–Crippen LogP) is 5.01. The van der Waals surface area contributed by atoms with Crippen LogP contribution in [0.2, 0.25) is 0 Å². The van der Waals surface area contributed by atoms with Crippen LogP contribution in [0.15, 0.2) is 53.3 Å². The fourth-order valence-electron chi connectivity index (χ4n) is 2.27. The molecule has 0 amide bonds. The fraction of sp³-hybridized carbons (Fsp3) is 0.111. The molecule has 5 nitrogen and oxygen atoms in total. The van der Waals surface area contributed by atoms with Crippen LogP contribution in [0.25, 0.3) is 0 Å². The van der Waals surface area contributed by atoms with Crippen LogP contribution in [-0.4, -0.2) is 9.97 Å². The Balaban J connectivity index is 1.83. The van der Waals surface area contributed by atoms with Gasteiger partial charge >= 0.3 is 0 Å². The van der Waals surface area contributed by atoms with Crippen molar-refractivity contribution in [1.82, 2.24) is 9.97 Å². The molecule has 0 saturated carbocycles.